The Hall–Kier alpha value is -1.07. The number of benzene rings is 1. The van der Waals surface area contributed by atoms with Crippen molar-refractivity contribution in [3.8, 4) is 0 Å². The quantitative estimate of drug-likeness (QED) is 0.865. The molecular weight excluding hydrogens is 277 g/mol. The molecule has 2 fully saturated rings. The van der Waals surface area contributed by atoms with E-state index in [0.29, 0.717) is 0 Å². The van der Waals surface area contributed by atoms with E-state index in [0.717, 1.165) is 57.7 Å². The summed E-state index contributed by atoms with van der Waals surface area (Å²) in [4.78, 5) is 2.34. The van der Waals surface area contributed by atoms with E-state index in [2.05, 4.69) is 4.90 Å². The van der Waals surface area contributed by atoms with E-state index in [1.807, 2.05) is 0 Å². The first-order chi connectivity index (χ1) is 10.1. The van der Waals surface area contributed by atoms with Crippen LogP contribution in [0.5, 0.6) is 0 Å². The van der Waals surface area contributed by atoms with Crippen molar-refractivity contribution in [2.45, 2.75) is 50.1 Å². The molecule has 2 aliphatic rings. The third kappa shape index (κ3) is 2.36. The molecule has 0 radical (unpaired) electrons. The minimum atomic E-state index is -1.42. The predicted octanol–water partition coefficient (Wildman–Crippen LogP) is 3.51. The van der Waals surface area contributed by atoms with Crippen LogP contribution in [-0.4, -0.2) is 23.5 Å². The molecule has 2 N–H and O–H groups in total. The van der Waals surface area contributed by atoms with Crippen LogP contribution in [0.4, 0.5) is 13.2 Å². The standard InChI is InChI=1S/C16H21F3N2/c17-12-6-5-11(13(18)14(12)19)15(20)16(7-1-2-8-16)21-9-3-4-10-21/h5-6,15H,1-4,7-10,20H2. The van der Waals surface area contributed by atoms with Gasteiger partial charge in [0.15, 0.2) is 17.5 Å². The fourth-order valence-electron chi connectivity index (χ4n) is 4.04. The number of rotatable bonds is 3. The van der Waals surface area contributed by atoms with Gasteiger partial charge in [0.25, 0.3) is 0 Å². The van der Waals surface area contributed by atoms with Gasteiger partial charge in [-0.1, -0.05) is 18.9 Å². The second-order valence-corrected chi connectivity index (χ2v) is 6.25. The zero-order chi connectivity index (χ0) is 15.0. The van der Waals surface area contributed by atoms with Crippen molar-refractivity contribution >= 4 is 0 Å². The predicted molar refractivity (Wildman–Crippen MR) is 75.3 cm³/mol. The lowest BCUT2D eigenvalue weighted by atomic mass is 9.82. The Bertz CT molecular complexity index is 520. The zero-order valence-corrected chi connectivity index (χ0v) is 12.0. The highest BCUT2D eigenvalue weighted by Gasteiger charge is 2.46. The molecule has 1 unspecified atom stereocenters. The maximum atomic E-state index is 14.1. The second kappa shape index (κ2) is 5.61. The number of nitrogens with zero attached hydrogens (tertiary/aromatic N) is 1. The Morgan fingerprint density at radius 1 is 0.952 bits per heavy atom. The zero-order valence-electron chi connectivity index (χ0n) is 12.0. The van der Waals surface area contributed by atoms with Crippen molar-refractivity contribution in [1.82, 2.24) is 4.90 Å². The summed E-state index contributed by atoms with van der Waals surface area (Å²) in [6, 6.07) is 1.66. The molecule has 1 aromatic carbocycles. The second-order valence-electron chi connectivity index (χ2n) is 6.25. The lowest BCUT2D eigenvalue weighted by Gasteiger charge is -2.43. The van der Waals surface area contributed by atoms with Crippen LogP contribution >= 0.6 is 0 Å². The van der Waals surface area contributed by atoms with Crippen molar-refractivity contribution in [2.75, 3.05) is 13.1 Å². The number of nitrogens with two attached hydrogens (primary N) is 1. The lowest BCUT2D eigenvalue weighted by Crippen LogP contribution is -2.52. The molecule has 0 spiro atoms. The summed E-state index contributed by atoms with van der Waals surface area (Å²) < 4.78 is 40.8. The monoisotopic (exact) mass is 298 g/mol. The molecule has 1 atom stereocenters. The molecular formula is C16H21F3N2. The van der Waals surface area contributed by atoms with Gasteiger partial charge in [-0.2, -0.15) is 0 Å². The van der Waals surface area contributed by atoms with Gasteiger partial charge in [-0.15, -0.1) is 0 Å². The maximum absolute atomic E-state index is 14.1. The van der Waals surface area contributed by atoms with E-state index in [1.165, 1.54) is 6.07 Å². The van der Waals surface area contributed by atoms with Crippen molar-refractivity contribution in [1.29, 1.82) is 0 Å². The molecule has 5 heteroatoms. The van der Waals surface area contributed by atoms with E-state index >= 15 is 0 Å². The molecule has 0 bridgehead atoms. The van der Waals surface area contributed by atoms with Gasteiger partial charge in [0.2, 0.25) is 0 Å². The first-order valence-electron chi connectivity index (χ1n) is 7.70. The highest BCUT2D eigenvalue weighted by Crippen LogP contribution is 2.45. The largest absolute Gasteiger partial charge is 0.322 e. The third-order valence-corrected chi connectivity index (χ3v) is 5.18. The van der Waals surface area contributed by atoms with Crippen LogP contribution in [0.1, 0.15) is 50.1 Å². The first-order valence-corrected chi connectivity index (χ1v) is 7.70. The summed E-state index contributed by atoms with van der Waals surface area (Å²) in [5, 5.41) is 0. The topological polar surface area (TPSA) is 29.3 Å². The van der Waals surface area contributed by atoms with Crippen molar-refractivity contribution in [3.63, 3.8) is 0 Å². The van der Waals surface area contributed by atoms with Crippen LogP contribution in [0.25, 0.3) is 0 Å². The average molecular weight is 298 g/mol. The Balaban J connectivity index is 1.98. The summed E-state index contributed by atoms with van der Waals surface area (Å²) in [6.45, 7) is 1.91. The molecule has 1 saturated heterocycles. The first kappa shape index (κ1) is 14.9. The van der Waals surface area contributed by atoms with E-state index in [9.17, 15) is 13.2 Å². The minimum absolute atomic E-state index is 0.0997. The van der Waals surface area contributed by atoms with Crippen molar-refractivity contribution in [3.05, 3.63) is 35.1 Å². The van der Waals surface area contributed by atoms with Crippen molar-refractivity contribution in [2.24, 2.45) is 5.73 Å². The maximum Gasteiger partial charge on any atom is 0.194 e. The number of likely N-dealkylation sites (tertiary alicyclic amines) is 1. The summed E-state index contributed by atoms with van der Waals surface area (Å²) in [5.41, 5.74) is 6.16. The van der Waals surface area contributed by atoms with Crippen LogP contribution < -0.4 is 5.73 Å². The molecule has 3 rings (SSSR count). The van der Waals surface area contributed by atoms with Gasteiger partial charge in [-0.05, 0) is 44.8 Å². The normalized spacial score (nSPS) is 23.6. The van der Waals surface area contributed by atoms with E-state index < -0.39 is 23.5 Å². The van der Waals surface area contributed by atoms with E-state index in [4.69, 9.17) is 5.73 Å². The number of hydrogen-bond acceptors (Lipinski definition) is 2. The fraction of sp³-hybridized carbons (Fsp3) is 0.625. The molecule has 2 nitrogen and oxygen atoms in total. The Morgan fingerprint density at radius 2 is 1.57 bits per heavy atom. The summed E-state index contributed by atoms with van der Waals surface area (Å²) in [7, 11) is 0. The van der Waals surface area contributed by atoms with Gasteiger partial charge < -0.3 is 5.73 Å². The Kier molecular flexibility index (Phi) is 3.97. The van der Waals surface area contributed by atoms with Crippen LogP contribution in [0, 0.1) is 17.5 Å². The molecule has 21 heavy (non-hydrogen) atoms. The smallest absolute Gasteiger partial charge is 0.194 e. The van der Waals surface area contributed by atoms with Crippen molar-refractivity contribution < 1.29 is 13.2 Å². The van der Waals surface area contributed by atoms with Gasteiger partial charge in [-0.3, -0.25) is 4.90 Å². The summed E-state index contributed by atoms with van der Waals surface area (Å²) in [6.07, 6.45) is 6.13. The summed E-state index contributed by atoms with van der Waals surface area (Å²) in [5.74, 6) is -3.71. The number of hydrogen-bond donors (Lipinski definition) is 1. The van der Waals surface area contributed by atoms with Crippen LogP contribution in [-0.2, 0) is 0 Å². The van der Waals surface area contributed by atoms with Gasteiger partial charge in [0.1, 0.15) is 0 Å². The molecule has 1 aromatic rings. The van der Waals surface area contributed by atoms with E-state index in [1.54, 1.807) is 0 Å². The SMILES string of the molecule is NC(c1ccc(F)c(F)c1F)C1(N2CCCC2)CCCC1. The lowest BCUT2D eigenvalue weighted by molar-refractivity contribution is 0.0904. The number of halogens is 3. The van der Waals surface area contributed by atoms with Gasteiger partial charge >= 0.3 is 0 Å². The molecule has 0 amide bonds. The highest BCUT2D eigenvalue weighted by atomic mass is 19.2. The van der Waals surface area contributed by atoms with Crippen LogP contribution in [0.15, 0.2) is 12.1 Å². The molecule has 116 valence electrons. The molecule has 1 aliphatic heterocycles. The summed E-state index contributed by atoms with van der Waals surface area (Å²) >= 11 is 0. The average Bonchev–Trinajstić information content (AvgIpc) is 3.15. The Morgan fingerprint density at radius 3 is 2.19 bits per heavy atom. The molecule has 1 saturated carbocycles. The minimum Gasteiger partial charge on any atom is -0.322 e. The van der Waals surface area contributed by atoms with E-state index in [-0.39, 0.29) is 11.1 Å². The van der Waals surface area contributed by atoms with Gasteiger partial charge in [-0.25, -0.2) is 13.2 Å². The molecule has 0 aromatic heterocycles. The van der Waals surface area contributed by atoms with Crippen LogP contribution in [0.3, 0.4) is 0 Å². The molecule has 1 heterocycles. The fourth-order valence-corrected chi connectivity index (χ4v) is 4.04. The van der Waals surface area contributed by atoms with Gasteiger partial charge in [0.05, 0.1) is 6.04 Å². The Labute approximate surface area is 123 Å². The highest BCUT2D eigenvalue weighted by molar-refractivity contribution is 5.27. The molecule has 1 aliphatic carbocycles. The third-order valence-electron chi connectivity index (χ3n) is 5.18. The van der Waals surface area contributed by atoms with Crippen LogP contribution in [0.2, 0.25) is 0 Å². The van der Waals surface area contributed by atoms with Gasteiger partial charge in [0, 0.05) is 11.1 Å².